The molecule has 1 unspecified atom stereocenters. The number of aliphatic hydroxyl groups excluding tert-OH is 1. The number of hydrogen-bond donors (Lipinski definition) is 1. The average Bonchev–Trinajstić information content (AvgIpc) is 2.88. The van der Waals surface area contributed by atoms with Crippen LogP contribution in [-0.4, -0.2) is 19.7 Å². The number of hydrogen-bond acceptors (Lipinski definition) is 3. The van der Waals surface area contributed by atoms with Crippen LogP contribution in [0.4, 0.5) is 4.39 Å². The molecule has 0 radical (unpaired) electrons. The first-order valence-corrected chi connectivity index (χ1v) is 6.85. The van der Waals surface area contributed by atoms with Gasteiger partial charge in [-0.1, -0.05) is 17.7 Å². The van der Waals surface area contributed by atoms with Crippen LogP contribution in [0, 0.1) is 5.82 Å². The monoisotopic (exact) mass is 355 g/mol. The second kappa shape index (κ2) is 5.12. The van der Waals surface area contributed by atoms with Crippen molar-refractivity contribution in [2.45, 2.75) is 6.10 Å². The zero-order valence-corrected chi connectivity index (χ0v) is 12.3. The molecule has 3 aromatic rings. The maximum absolute atomic E-state index is 14.1. The van der Waals surface area contributed by atoms with E-state index in [1.54, 1.807) is 29.2 Å². The molecule has 0 aliphatic heterocycles. The van der Waals surface area contributed by atoms with E-state index >= 15 is 0 Å². The highest BCUT2D eigenvalue weighted by Crippen LogP contribution is 2.33. The van der Waals surface area contributed by atoms with Crippen molar-refractivity contribution in [1.29, 1.82) is 0 Å². The molecular formula is C13H8BrClFN3O. The number of nitrogens with zero attached hydrogens (tertiary/aromatic N) is 3. The van der Waals surface area contributed by atoms with Crippen LogP contribution in [0.5, 0.6) is 0 Å². The molecule has 4 nitrogen and oxygen atoms in total. The first kappa shape index (κ1) is 13.5. The van der Waals surface area contributed by atoms with Crippen molar-refractivity contribution in [3.63, 3.8) is 0 Å². The Morgan fingerprint density at radius 3 is 2.90 bits per heavy atom. The second-order valence-corrected chi connectivity index (χ2v) is 5.41. The number of benzene rings is 1. The van der Waals surface area contributed by atoms with Gasteiger partial charge in [-0.15, -0.1) is 0 Å². The second-order valence-electron chi connectivity index (χ2n) is 4.17. The SMILES string of the molecule is OC(c1ccc(Br)c(Cl)c1F)c1cnn2ccncc12. The fraction of sp³-hybridized carbons (Fsp3) is 0.0769. The fourth-order valence-electron chi connectivity index (χ4n) is 1.98. The Balaban J connectivity index is 2.13. The van der Waals surface area contributed by atoms with Crippen LogP contribution in [0.2, 0.25) is 5.02 Å². The minimum atomic E-state index is -1.16. The van der Waals surface area contributed by atoms with Crippen LogP contribution in [0.3, 0.4) is 0 Å². The Hall–Kier alpha value is -1.50. The lowest BCUT2D eigenvalue weighted by molar-refractivity contribution is 0.216. The van der Waals surface area contributed by atoms with Crippen molar-refractivity contribution in [3.05, 3.63) is 63.4 Å². The molecule has 1 aromatic carbocycles. The molecule has 1 atom stereocenters. The third kappa shape index (κ3) is 2.09. The lowest BCUT2D eigenvalue weighted by Crippen LogP contribution is -2.03. The molecule has 0 saturated heterocycles. The van der Waals surface area contributed by atoms with Gasteiger partial charge in [0.1, 0.15) is 11.9 Å². The van der Waals surface area contributed by atoms with Crippen LogP contribution in [0.1, 0.15) is 17.2 Å². The highest BCUT2D eigenvalue weighted by Gasteiger charge is 2.21. The van der Waals surface area contributed by atoms with E-state index in [1.807, 2.05) is 0 Å². The van der Waals surface area contributed by atoms with E-state index in [0.717, 1.165) is 0 Å². The highest BCUT2D eigenvalue weighted by molar-refractivity contribution is 9.10. The number of fused-ring (bicyclic) bond motifs is 1. The average molecular weight is 357 g/mol. The normalized spacial score (nSPS) is 12.8. The first-order valence-electron chi connectivity index (χ1n) is 5.68. The molecule has 2 heterocycles. The summed E-state index contributed by atoms with van der Waals surface area (Å²) < 4.78 is 16.1. The van der Waals surface area contributed by atoms with Crippen LogP contribution < -0.4 is 0 Å². The molecule has 1 N–H and O–H groups in total. The summed E-state index contributed by atoms with van der Waals surface area (Å²) in [6.07, 6.45) is 5.10. The summed E-state index contributed by atoms with van der Waals surface area (Å²) in [5, 5.41) is 14.4. The number of rotatable bonds is 2. The van der Waals surface area contributed by atoms with Crippen molar-refractivity contribution in [1.82, 2.24) is 14.6 Å². The predicted molar refractivity (Wildman–Crippen MR) is 76.2 cm³/mol. The Kier molecular flexibility index (Phi) is 3.45. The molecular weight excluding hydrogens is 349 g/mol. The molecule has 20 heavy (non-hydrogen) atoms. The maximum Gasteiger partial charge on any atom is 0.149 e. The topological polar surface area (TPSA) is 50.4 Å². The molecule has 0 aliphatic carbocycles. The van der Waals surface area contributed by atoms with Gasteiger partial charge in [-0.2, -0.15) is 5.10 Å². The zero-order chi connectivity index (χ0) is 14.3. The zero-order valence-electron chi connectivity index (χ0n) is 9.96. The number of aromatic nitrogens is 3. The van der Waals surface area contributed by atoms with E-state index in [4.69, 9.17) is 11.6 Å². The van der Waals surface area contributed by atoms with Gasteiger partial charge in [0.05, 0.1) is 22.9 Å². The number of halogens is 3. The summed E-state index contributed by atoms with van der Waals surface area (Å²) in [6, 6.07) is 3.07. The van der Waals surface area contributed by atoms with Gasteiger partial charge >= 0.3 is 0 Å². The van der Waals surface area contributed by atoms with Crippen LogP contribution in [0.15, 0.2) is 41.4 Å². The summed E-state index contributed by atoms with van der Waals surface area (Å²) in [7, 11) is 0. The molecule has 0 spiro atoms. The molecule has 102 valence electrons. The molecule has 0 fully saturated rings. The third-order valence-electron chi connectivity index (χ3n) is 3.01. The van der Waals surface area contributed by atoms with Crippen LogP contribution in [0.25, 0.3) is 5.52 Å². The molecule has 0 amide bonds. The van der Waals surface area contributed by atoms with E-state index in [1.165, 1.54) is 12.3 Å². The van der Waals surface area contributed by atoms with Gasteiger partial charge in [-0.05, 0) is 22.0 Å². The van der Waals surface area contributed by atoms with Gasteiger partial charge in [-0.3, -0.25) is 4.98 Å². The molecule has 0 saturated carbocycles. The van der Waals surface area contributed by atoms with E-state index in [2.05, 4.69) is 26.0 Å². The maximum atomic E-state index is 14.1. The van der Waals surface area contributed by atoms with Crippen LogP contribution in [-0.2, 0) is 0 Å². The van der Waals surface area contributed by atoms with E-state index < -0.39 is 11.9 Å². The van der Waals surface area contributed by atoms with E-state index in [9.17, 15) is 9.50 Å². The summed E-state index contributed by atoms with van der Waals surface area (Å²) in [5.74, 6) is -0.656. The Morgan fingerprint density at radius 2 is 2.10 bits per heavy atom. The summed E-state index contributed by atoms with van der Waals surface area (Å²) in [4.78, 5) is 3.98. The molecule has 0 aliphatic rings. The Bertz CT molecular complexity index is 792. The van der Waals surface area contributed by atoms with Crippen molar-refractivity contribution < 1.29 is 9.50 Å². The molecule has 3 rings (SSSR count). The predicted octanol–water partition coefficient (Wildman–Crippen LogP) is 3.37. The van der Waals surface area contributed by atoms with Gasteiger partial charge in [0.15, 0.2) is 0 Å². The smallest absolute Gasteiger partial charge is 0.149 e. The minimum absolute atomic E-state index is 0.0591. The van der Waals surface area contributed by atoms with Gasteiger partial charge in [0, 0.05) is 28.0 Å². The van der Waals surface area contributed by atoms with Crippen molar-refractivity contribution >= 4 is 33.0 Å². The van der Waals surface area contributed by atoms with E-state index in [0.29, 0.717) is 15.6 Å². The standard InChI is InChI=1S/C13H8BrClFN3O/c14-9-2-1-7(12(16)11(9)15)13(20)8-5-18-19-4-3-17-6-10(8)19/h1-6,13,20H. The van der Waals surface area contributed by atoms with Gasteiger partial charge in [0.2, 0.25) is 0 Å². The molecule has 2 aromatic heterocycles. The van der Waals surface area contributed by atoms with Gasteiger partial charge in [0.25, 0.3) is 0 Å². The number of aliphatic hydroxyl groups is 1. The highest BCUT2D eigenvalue weighted by atomic mass is 79.9. The van der Waals surface area contributed by atoms with Gasteiger partial charge in [-0.25, -0.2) is 8.91 Å². The fourth-order valence-corrected chi connectivity index (χ4v) is 2.46. The first-order chi connectivity index (χ1) is 9.59. The van der Waals surface area contributed by atoms with E-state index in [-0.39, 0.29) is 10.6 Å². The quantitative estimate of drug-likeness (QED) is 0.716. The summed E-state index contributed by atoms with van der Waals surface area (Å²) in [6.45, 7) is 0. The van der Waals surface area contributed by atoms with Gasteiger partial charge < -0.3 is 5.11 Å². The largest absolute Gasteiger partial charge is 0.383 e. The minimum Gasteiger partial charge on any atom is -0.383 e. The Morgan fingerprint density at radius 1 is 1.30 bits per heavy atom. The van der Waals surface area contributed by atoms with Crippen LogP contribution >= 0.6 is 27.5 Å². The van der Waals surface area contributed by atoms with Crippen molar-refractivity contribution in [3.8, 4) is 0 Å². The van der Waals surface area contributed by atoms with Crippen molar-refractivity contribution in [2.75, 3.05) is 0 Å². The summed E-state index contributed by atoms with van der Waals surface area (Å²) >= 11 is 8.98. The lowest BCUT2D eigenvalue weighted by Gasteiger charge is -2.12. The summed E-state index contributed by atoms with van der Waals surface area (Å²) in [5.41, 5.74) is 1.17. The molecule has 7 heteroatoms. The van der Waals surface area contributed by atoms with Crippen molar-refractivity contribution in [2.24, 2.45) is 0 Å². The molecule has 0 bridgehead atoms. The third-order valence-corrected chi connectivity index (χ3v) is 4.27. The lowest BCUT2D eigenvalue weighted by atomic mass is 10.0. The Labute approximate surface area is 127 Å².